The zero-order valence-electron chi connectivity index (χ0n) is 11.8. The normalized spacial score (nSPS) is 12.4. The van der Waals surface area contributed by atoms with Gasteiger partial charge in [-0.25, -0.2) is 0 Å². The SMILES string of the molecule is C=CCc1ccccc1OC(C)CCNC(C)C. The van der Waals surface area contributed by atoms with Crippen LogP contribution in [0.5, 0.6) is 5.75 Å². The Bertz CT molecular complexity index is 360. The number of ether oxygens (including phenoxy) is 1. The number of hydrogen-bond donors (Lipinski definition) is 1. The number of hydrogen-bond acceptors (Lipinski definition) is 2. The lowest BCUT2D eigenvalue weighted by Crippen LogP contribution is -2.27. The molecule has 0 saturated carbocycles. The third kappa shape index (κ3) is 5.37. The second kappa shape index (κ2) is 7.93. The van der Waals surface area contributed by atoms with Crippen molar-refractivity contribution >= 4 is 0 Å². The Morgan fingerprint density at radius 3 is 2.67 bits per heavy atom. The van der Waals surface area contributed by atoms with Crippen molar-refractivity contribution in [3.63, 3.8) is 0 Å². The van der Waals surface area contributed by atoms with E-state index in [9.17, 15) is 0 Å². The molecule has 1 unspecified atom stereocenters. The van der Waals surface area contributed by atoms with E-state index < -0.39 is 0 Å². The zero-order valence-corrected chi connectivity index (χ0v) is 11.8. The van der Waals surface area contributed by atoms with Crippen LogP contribution in [0.1, 0.15) is 32.8 Å². The summed E-state index contributed by atoms with van der Waals surface area (Å²) in [5.41, 5.74) is 1.20. The molecule has 2 heteroatoms. The number of rotatable bonds is 8. The van der Waals surface area contributed by atoms with Gasteiger partial charge in [-0.3, -0.25) is 0 Å². The van der Waals surface area contributed by atoms with Crippen LogP contribution in [0, 0.1) is 0 Å². The molecule has 1 atom stereocenters. The van der Waals surface area contributed by atoms with E-state index in [1.54, 1.807) is 0 Å². The predicted molar refractivity (Wildman–Crippen MR) is 78.2 cm³/mol. The third-order valence-electron chi connectivity index (χ3n) is 2.77. The molecule has 1 rings (SSSR count). The molecule has 0 amide bonds. The first kappa shape index (κ1) is 14.8. The van der Waals surface area contributed by atoms with E-state index in [0.29, 0.717) is 6.04 Å². The van der Waals surface area contributed by atoms with Crippen LogP contribution < -0.4 is 10.1 Å². The van der Waals surface area contributed by atoms with E-state index in [2.05, 4.69) is 38.7 Å². The Labute approximate surface area is 111 Å². The molecule has 0 saturated heterocycles. The van der Waals surface area contributed by atoms with Crippen molar-refractivity contribution in [2.24, 2.45) is 0 Å². The van der Waals surface area contributed by atoms with E-state index in [1.165, 1.54) is 5.56 Å². The maximum Gasteiger partial charge on any atom is 0.123 e. The summed E-state index contributed by atoms with van der Waals surface area (Å²) in [5.74, 6) is 0.981. The highest BCUT2D eigenvalue weighted by Crippen LogP contribution is 2.20. The van der Waals surface area contributed by atoms with Gasteiger partial charge in [0.2, 0.25) is 0 Å². The summed E-state index contributed by atoms with van der Waals surface area (Å²) in [4.78, 5) is 0. The Morgan fingerprint density at radius 2 is 2.00 bits per heavy atom. The zero-order chi connectivity index (χ0) is 13.4. The third-order valence-corrected chi connectivity index (χ3v) is 2.77. The van der Waals surface area contributed by atoms with E-state index in [-0.39, 0.29) is 6.10 Å². The topological polar surface area (TPSA) is 21.3 Å². The molecule has 0 heterocycles. The maximum atomic E-state index is 5.99. The second-order valence-corrected chi connectivity index (χ2v) is 4.93. The molecule has 0 spiro atoms. The molecule has 1 aromatic rings. The smallest absolute Gasteiger partial charge is 0.123 e. The summed E-state index contributed by atoms with van der Waals surface area (Å²) in [7, 11) is 0. The quantitative estimate of drug-likeness (QED) is 0.709. The van der Waals surface area contributed by atoms with Crippen LogP contribution >= 0.6 is 0 Å². The number of para-hydroxylation sites is 1. The molecule has 1 N–H and O–H groups in total. The molecule has 100 valence electrons. The molecule has 18 heavy (non-hydrogen) atoms. The lowest BCUT2D eigenvalue weighted by molar-refractivity contribution is 0.207. The van der Waals surface area contributed by atoms with Crippen molar-refractivity contribution in [1.29, 1.82) is 0 Å². The minimum atomic E-state index is 0.224. The number of allylic oxidation sites excluding steroid dienone is 1. The Kier molecular flexibility index (Phi) is 6.51. The molecule has 0 aliphatic heterocycles. The van der Waals surface area contributed by atoms with Crippen LogP contribution in [-0.2, 0) is 6.42 Å². The fourth-order valence-corrected chi connectivity index (χ4v) is 1.79. The summed E-state index contributed by atoms with van der Waals surface area (Å²) >= 11 is 0. The van der Waals surface area contributed by atoms with Crippen molar-refractivity contribution in [3.05, 3.63) is 42.5 Å². The average Bonchev–Trinajstić information content (AvgIpc) is 2.31. The molecular weight excluding hydrogens is 222 g/mol. The van der Waals surface area contributed by atoms with Crippen LogP contribution in [0.25, 0.3) is 0 Å². The first-order valence-electron chi connectivity index (χ1n) is 6.72. The highest BCUT2D eigenvalue weighted by molar-refractivity contribution is 5.34. The summed E-state index contributed by atoms with van der Waals surface area (Å²) in [6.07, 6.45) is 4.00. The van der Waals surface area contributed by atoms with Crippen LogP contribution in [-0.4, -0.2) is 18.7 Å². The van der Waals surface area contributed by atoms with Crippen molar-refractivity contribution in [2.75, 3.05) is 6.54 Å². The molecular formula is C16H25NO. The second-order valence-electron chi connectivity index (χ2n) is 4.93. The lowest BCUT2D eigenvalue weighted by atomic mass is 10.1. The predicted octanol–water partition coefficient (Wildman–Crippen LogP) is 3.57. The first-order chi connectivity index (χ1) is 8.63. The number of nitrogens with one attached hydrogen (secondary N) is 1. The highest BCUT2D eigenvalue weighted by atomic mass is 16.5. The first-order valence-corrected chi connectivity index (χ1v) is 6.72. The summed E-state index contributed by atoms with van der Waals surface area (Å²) < 4.78 is 5.99. The van der Waals surface area contributed by atoms with Crippen molar-refractivity contribution < 1.29 is 4.74 Å². The van der Waals surface area contributed by atoms with Gasteiger partial charge < -0.3 is 10.1 Å². The van der Waals surface area contributed by atoms with E-state index in [4.69, 9.17) is 4.74 Å². The molecule has 0 aliphatic rings. The molecule has 0 radical (unpaired) electrons. The van der Waals surface area contributed by atoms with Gasteiger partial charge in [0, 0.05) is 6.04 Å². The van der Waals surface area contributed by atoms with Gasteiger partial charge in [0.05, 0.1) is 6.10 Å². The van der Waals surface area contributed by atoms with Gasteiger partial charge in [-0.05, 0) is 37.9 Å². The molecule has 0 bridgehead atoms. The number of benzene rings is 1. The monoisotopic (exact) mass is 247 g/mol. The Balaban J connectivity index is 2.47. The van der Waals surface area contributed by atoms with Gasteiger partial charge in [0.15, 0.2) is 0 Å². The van der Waals surface area contributed by atoms with Crippen molar-refractivity contribution in [1.82, 2.24) is 5.32 Å². The molecule has 0 aromatic heterocycles. The molecule has 0 aliphatic carbocycles. The Hall–Kier alpha value is -1.28. The molecule has 2 nitrogen and oxygen atoms in total. The van der Waals surface area contributed by atoms with E-state index in [0.717, 1.165) is 25.1 Å². The summed E-state index contributed by atoms with van der Waals surface area (Å²) in [5, 5.41) is 3.41. The summed E-state index contributed by atoms with van der Waals surface area (Å²) in [6, 6.07) is 8.71. The van der Waals surface area contributed by atoms with Crippen molar-refractivity contribution in [3.8, 4) is 5.75 Å². The largest absolute Gasteiger partial charge is 0.490 e. The van der Waals surface area contributed by atoms with Gasteiger partial charge in [0.1, 0.15) is 5.75 Å². The van der Waals surface area contributed by atoms with Gasteiger partial charge in [0.25, 0.3) is 0 Å². The maximum absolute atomic E-state index is 5.99. The van der Waals surface area contributed by atoms with E-state index >= 15 is 0 Å². The van der Waals surface area contributed by atoms with Crippen LogP contribution in [0.3, 0.4) is 0 Å². The van der Waals surface area contributed by atoms with Gasteiger partial charge in [-0.15, -0.1) is 6.58 Å². The van der Waals surface area contributed by atoms with E-state index in [1.807, 2.05) is 24.3 Å². The van der Waals surface area contributed by atoms with Gasteiger partial charge >= 0.3 is 0 Å². The fourth-order valence-electron chi connectivity index (χ4n) is 1.79. The summed E-state index contributed by atoms with van der Waals surface area (Å²) in [6.45, 7) is 11.2. The lowest BCUT2D eigenvalue weighted by Gasteiger charge is -2.18. The van der Waals surface area contributed by atoms with Crippen molar-refractivity contribution in [2.45, 2.75) is 45.8 Å². The molecule has 1 aromatic carbocycles. The Morgan fingerprint density at radius 1 is 1.28 bits per heavy atom. The standard InChI is InChI=1S/C16H25NO/c1-5-8-15-9-6-7-10-16(15)18-14(4)11-12-17-13(2)3/h5-7,9-10,13-14,17H,1,8,11-12H2,2-4H3. The van der Waals surface area contributed by atoms with Crippen LogP contribution in [0.15, 0.2) is 36.9 Å². The van der Waals surface area contributed by atoms with Gasteiger partial charge in [-0.2, -0.15) is 0 Å². The van der Waals surface area contributed by atoms with Gasteiger partial charge in [-0.1, -0.05) is 38.1 Å². The van der Waals surface area contributed by atoms with Crippen LogP contribution in [0.2, 0.25) is 0 Å². The minimum absolute atomic E-state index is 0.224. The molecule has 0 fully saturated rings. The fraction of sp³-hybridized carbons (Fsp3) is 0.500. The van der Waals surface area contributed by atoms with Crippen LogP contribution in [0.4, 0.5) is 0 Å². The minimum Gasteiger partial charge on any atom is -0.490 e. The average molecular weight is 247 g/mol. The highest BCUT2D eigenvalue weighted by Gasteiger charge is 2.07.